The number of carbonyl (C=O) groups is 2. The van der Waals surface area contributed by atoms with Crippen molar-refractivity contribution in [2.45, 2.75) is 38.1 Å². The molecule has 2 aliphatic rings. The summed E-state index contributed by atoms with van der Waals surface area (Å²) in [4.78, 5) is 24.0. The highest BCUT2D eigenvalue weighted by Crippen LogP contribution is 2.35. The average molecular weight is 182 g/mol. The van der Waals surface area contributed by atoms with Crippen LogP contribution in [0, 0.1) is 0 Å². The Bertz CT molecular complexity index is 256. The van der Waals surface area contributed by atoms with E-state index in [2.05, 4.69) is 12.2 Å². The summed E-state index contributed by atoms with van der Waals surface area (Å²) in [5.74, 6) is -0.168. The summed E-state index contributed by atoms with van der Waals surface area (Å²) >= 11 is 0. The zero-order valence-electron chi connectivity index (χ0n) is 7.80. The van der Waals surface area contributed by atoms with Gasteiger partial charge in [-0.3, -0.25) is 10.1 Å². The van der Waals surface area contributed by atoms with Crippen molar-refractivity contribution in [3.8, 4) is 0 Å². The van der Waals surface area contributed by atoms with Gasteiger partial charge in [0.15, 0.2) is 0 Å². The maximum absolute atomic E-state index is 11.4. The second-order valence-corrected chi connectivity index (χ2v) is 4.14. The SMILES string of the molecule is CC1(N2CC(=O)NC2=O)CCCC1. The van der Waals surface area contributed by atoms with E-state index in [0.29, 0.717) is 0 Å². The normalized spacial score (nSPS) is 26.7. The first-order valence-electron chi connectivity index (χ1n) is 4.73. The molecule has 1 heterocycles. The molecule has 2 fully saturated rings. The summed E-state index contributed by atoms with van der Waals surface area (Å²) in [6.45, 7) is 2.31. The van der Waals surface area contributed by atoms with Gasteiger partial charge < -0.3 is 4.90 Å². The fourth-order valence-electron chi connectivity index (χ4n) is 2.28. The van der Waals surface area contributed by atoms with Crippen LogP contribution in [0.5, 0.6) is 0 Å². The molecular weight excluding hydrogens is 168 g/mol. The average Bonchev–Trinajstić information content (AvgIpc) is 2.59. The van der Waals surface area contributed by atoms with E-state index >= 15 is 0 Å². The first-order valence-corrected chi connectivity index (χ1v) is 4.73. The van der Waals surface area contributed by atoms with Gasteiger partial charge in [0.05, 0.1) is 0 Å². The summed E-state index contributed by atoms with van der Waals surface area (Å²) < 4.78 is 0. The van der Waals surface area contributed by atoms with Crippen LogP contribution in [-0.2, 0) is 4.79 Å². The molecule has 4 nitrogen and oxygen atoms in total. The van der Waals surface area contributed by atoms with Gasteiger partial charge in [-0.25, -0.2) is 4.79 Å². The lowest BCUT2D eigenvalue weighted by Crippen LogP contribution is -2.46. The summed E-state index contributed by atoms with van der Waals surface area (Å²) in [6, 6.07) is -0.214. The van der Waals surface area contributed by atoms with E-state index in [-0.39, 0.29) is 24.0 Å². The second-order valence-electron chi connectivity index (χ2n) is 4.14. The Morgan fingerprint density at radius 2 is 1.92 bits per heavy atom. The number of hydrogen-bond acceptors (Lipinski definition) is 2. The third-order valence-electron chi connectivity index (χ3n) is 3.13. The summed E-state index contributed by atoms with van der Waals surface area (Å²) in [5, 5.41) is 2.32. The first kappa shape index (κ1) is 8.53. The van der Waals surface area contributed by atoms with Crippen molar-refractivity contribution in [1.29, 1.82) is 0 Å². The lowest BCUT2D eigenvalue weighted by atomic mass is 9.99. The largest absolute Gasteiger partial charge is 0.325 e. The monoisotopic (exact) mass is 182 g/mol. The number of nitrogens with one attached hydrogen (secondary N) is 1. The fraction of sp³-hybridized carbons (Fsp3) is 0.778. The quantitative estimate of drug-likeness (QED) is 0.612. The lowest BCUT2D eigenvalue weighted by Gasteiger charge is -2.33. The van der Waals surface area contributed by atoms with Gasteiger partial charge in [0.1, 0.15) is 6.54 Å². The van der Waals surface area contributed by atoms with Crippen molar-refractivity contribution < 1.29 is 9.59 Å². The van der Waals surface area contributed by atoms with Crippen LogP contribution in [0.1, 0.15) is 32.6 Å². The molecule has 3 amide bonds. The topological polar surface area (TPSA) is 49.4 Å². The number of hydrogen-bond donors (Lipinski definition) is 1. The van der Waals surface area contributed by atoms with E-state index in [1.807, 2.05) is 0 Å². The third-order valence-corrected chi connectivity index (χ3v) is 3.13. The Balaban J connectivity index is 2.16. The molecule has 1 saturated carbocycles. The van der Waals surface area contributed by atoms with Gasteiger partial charge in [0, 0.05) is 5.54 Å². The van der Waals surface area contributed by atoms with E-state index < -0.39 is 0 Å². The van der Waals surface area contributed by atoms with Crippen LogP contribution in [0.2, 0.25) is 0 Å². The first-order chi connectivity index (χ1) is 6.12. The molecule has 0 atom stereocenters. The number of rotatable bonds is 1. The molecule has 1 aliphatic heterocycles. The van der Waals surface area contributed by atoms with Crippen molar-refractivity contribution in [1.82, 2.24) is 10.2 Å². The standard InChI is InChI=1S/C9H14N2O2/c1-9(4-2-3-5-9)11-6-7(12)10-8(11)13/h2-6H2,1H3,(H,10,12,13). The molecular formula is C9H14N2O2. The van der Waals surface area contributed by atoms with Crippen LogP contribution in [0.15, 0.2) is 0 Å². The van der Waals surface area contributed by atoms with Crippen LogP contribution in [-0.4, -0.2) is 28.9 Å². The molecule has 1 aliphatic carbocycles. The minimum Gasteiger partial charge on any atom is -0.310 e. The summed E-state index contributed by atoms with van der Waals surface area (Å²) in [5.41, 5.74) is -0.0732. The van der Waals surface area contributed by atoms with Crippen molar-refractivity contribution in [3.05, 3.63) is 0 Å². The smallest absolute Gasteiger partial charge is 0.310 e. The molecule has 0 unspecified atom stereocenters. The number of urea groups is 1. The highest BCUT2D eigenvalue weighted by Gasteiger charge is 2.42. The Hall–Kier alpha value is -1.06. The molecule has 4 heteroatoms. The number of carbonyl (C=O) groups excluding carboxylic acids is 2. The zero-order valence-corrected chi connectivity index (χ0v) is 7.80. The van der Waals surface area contributed by atoms with E-state index in [1.165, 1.54) is 0 Å². The second kappa shape index (κ2) is 2.72. The van der Waals surface area contributed by atoms with Crippen LogP contribution < -0.4 is 5.32 Å². The molecule has 1 N–H and O–H groups in total. The van der Waals surface area contributed by atoms with Gasteiger partial charge in [0.25, 0.3) is 0 Å². The summed E-state index contributed by atoms with van der Waals surface area (Å²) in [6.07, 6.45) is 4.37. The van der Waals surface area contributed by atoms with E-state index in [4.69, 9.17) is 0 Å². The molecule has 0 radical (unpaired) electrons. The van der Waals surface area contributed by atoms with Crippen molar-refractivity contribution in [2.75, 3.05) is 6.54 Å². The predicted octanol–water partition coefficient (Wildman–Crippen LogP) is 0.871. The van der Waals surface area contributed by atoms with Gasteiger partial charge in [0.2, 0.25) is 5.91 Å². The van der Waals surface area contributed by atoms with Crippen molar-refractivity contribution in [3.63, 3.8) is 0 Å². The Morgan fingerprint density at radius 3 is 2.38 bits per heavy atom. The predicted molar refractivity (Wildman–Crippen MR) is 47.1 cm³/mol. The van der Waals surface area contributed by atoms with Crippen molar-refractivity contribution in [2.24, 2.45) is 0 Å². The number of imide groups is 1. The Labute approximate surface area is 77.3 Å². The maximum Gasteiger partial charge on any atom is 0.325 e. The maximum atomic E-state index is 11.4. The number of nitrogens with zero attached hydrogens (tertiary/aromatic N) is 1. The van der Waals surface area contributed by atoms with Crippen molar-refractivity contribution >= 4 is 11.9 Å². The molecule has 72 valence electrons. The van der Waals surface area contributed by atoms with E-state index in [0.717, 1.165) is 25.7 Å². The van der Waals surface area contributed by atoms with Crippen LogP contribution in [0.4, 0.5) is 4.79 Å². The highest BCUT2D eigenvalue weighted by molar-refractivity contribution is 6.02. The van der Waals surface area contributed by atoms with E-state index in [1.54, 1.807) is 4.90 Å². The molecule has 2 rings (SSSR count). The lowest BCUT2D eigenvalue weighted by molar-refractivity contribution is -0.118. The third kappa shape index (κ3) is 1.30. The van der Waals surface area contributed by atoms with Crippen LogP contribution >= 0.6 is 0 Å². The molecule has 0 spiro atoms. The highest BCUT2D eigenvalue weighted by atomic mass is 16.2. The van der Waals surface area contributed by atoms with Gasteiger partial charge in [-0.05, 0) is 19.8 Å². The van der Waals surface area contributed by atoms with Gasteiger partial charge in [-0.15, -0.1) is 0 Å². The Morgan fingerprint density at radius 1 is 1.31 bits per heavy atom. The van der Waals surface area contributed by atoms with Crippen LogP contribution in [0.3, 0.4) is 0 Å². The zero-order chi connectivity index (χ0) is 9.47. The fourth-order valence-corrected chi connectivity index (χ4v) is 2.28. The molecule has 0 aromatic rings. The van der Waals surface area contributed by atoms with E-state index in [9.17, 15) is 9.59 Å². The van der Waals surface area contributed by atoms with Gasteiger partial charge >= 0.3 is 6.03 Å². The molecule has 0 aromatic carbocycles. The molecule has 0 bridgehead atoms. The number of amides is 3. The minimum atomic E-state index is -0.214. The van der Waals surface area contributed by atoms with Gasteiger partial charge in [-0.1, -0.05) is 12.8 Å². The van der Waals surface area contributed by atoms with Gasteiger partial charge in [-0.2, -0.15) is 0 Å². The molecule has 0 aromatic heterocycles. The summed E-state index contributed by atoms with van der Waals surface area (Å²) in [7, 11) is 0. The molecule has 1 saturated heterocycles. The molecule has 13 heavy (non-hydrogen) atoms. The van der Waals surface area contributed by atoms with Crippen LogP contribution in [0.25, 0.3) is 0 Å². The Kier molecular flexibility index (Phi) is 1.78. The minimum absolute atomic E-state index is 0.0732.